The summed E-state index contributed by atoms with van der Waals surface area (Å²) in [4.78, 5) is 26.7. The minimum Gasteiger partial charge on any atom is -0.354 e. The summed E-state index contributed by atoms with van der Waals surface area (Å²) in [5, 5.41) is 6.64. The average molecular weight is 390 g/mol. The van der Waals surface area contributed by atoms with E-state index in [2.05, 4.69) is 29.7 Å². The molecule has 0 radical (unpaired) electrons. The molecule has 0 aliphatic carbocycles. The van der Waals surface area contributed by atoms with Gasteiger partial charge in [-0.15, -0.1) is 11.8 Å². The Labute approximate surface area is 166 Å². The number of nitrogens with one attached hydrogen (secondary N) is 2. The molecule has 0 bridgehead atoms. The Balaban J connectivity index is 1.40. The number of amides is 2. The molecule has 2 aliphatic heterocycles. The van der Waals surface area contributed by atoms with Crippen LogP contribution in [0.15, 0.2) is 30.3 Å². The van der Waals surface area contributed by atoms with Crippen LogP contribution >= 0.6 is 11.8 Å². The average Bonchev–Trinajstić information content (AvgIpc) is 3.11. The molecular formula is C21H31N3O2S. The van der Waals surface area contributed by atoms with E-state index in [9.17, 15) is 9.59 Å². The third kappa shape index (κ3) is 5.48. The van der Waals surface area contributed by atoms with Crippen molar-refractivity contribution < 1.29 is 9.59 Å². The molecule has 3 rings (SSSR count). The van der Waals surface area contributed by atoms with Crippen LogP contribution in [0.5, 0.6) is 0 Å². The molecule has 1 atom stereocenters. The van der Waals surface area contributed by atoms with Crippen molar-refractivity contribution in [3.05, 3.63) is 35.9 Å². The molecule has 2 amide bonds. The lowest BCUT2D eigenvalue weighted by molar-refractivity contribution is -0.132. The van der Waals surface area contributed by atoms with Gasteiger partial charge in [-0.05, 0) is 31.2 Å². The van der Waals surface area contributed by atoms with E-state index in [1.807, 2.05) is 34.9 Å². The van der Waals surface area contributed by atoms with Crippen molar-refractivity contribution in [2.75, 3.05) is 25.4 Å². The SMILES string of the molecule is CCCCC(=O)N1CCC2(CC1)NC(C(=O)NCCc1ccccc1)CS2. The standard InChI is InChI=1S/C21H31N3O2S/c1-2-3-9-19(25)24-14-11-21(12-15-24)23-18(16-27-21)20(26)22-13-10-17-7-5-4-6-8-17/h4-8,18,23H,2-3,9-16H2,1H3,(H,22,26). The van der Waals surface area contributed by atoms with Gasteiger partial charge in [0.25, 0.3) is 0 Å². The molecule has 1 aromatic rings. The molecule has 2 aliphatic rings. The quantitative estimate of drug-likeness (QED) is 0.752. The first-order valence-electron chi connectivity index (χ1n) is 10.1. The predicted octanol–water partition coefficient (Wildman–Crippen LogP) is 2.56. The lowest BCUT2D eigenvalue weighted by atomic mass is 10.0. The third-order valence-corrected chi connectivity index (χ3v) is 7.08. The highest BCUT2D eigenvalue weighted by molar-refractivity contribution is 8.01. The van der Waals surface area contributed by atoms with Crippen LogP contribution in [-0.4, -0.2) is 53.0 Å². The van der Waals surface area contributed by atoms with Gasteiger partial charge < -0.3 is 10.2 Å². The van der Waals surface area contributed by atoms with Crippen molar-refractivity contribution in [2.24, 2.45) is 0 Å². The number of rotatable bonds is 7. The highest BCUT2D eigenvalue weighted by Gasteiger charge is 2.44. The van der Waals surface area contributed by atoms with Crippen LogP contribution in [0.1, 0.15) is 44.6 Å². The maximum Gasteiger partial charge on any atom is 0.238 e. The highest BCUT2D eigenvalue weighted by atomic mass is 32.2. The minimum absolute atomic E-state index is 0.0387. The summed E-state index contributed by atoms with van der Waals surface area (Å²) in [5.74, 6) is 1.18. The van der Waals surface area contributed by atoms with Crippen LogP contribution in [0.25, 0.3) is 0 Å². The van der Waals surface area contributed by atoms with Crippen LogP contribution in [-0.2, 0) is 16.0 Å². The summed E-state index contributed by atoms with van der Waals surface area (Å²) in [5.41, 5.74) is 1.24. The molecule has 27 heavy (non-hydrogen) atoms. The van der Waals surface area contributed by atoms with Crippen LogP contribution in [0.3, 0.4) is 0 Å². The molecule has 2 fully saturated rings. The Morgan fingerprint density at radius 2 is 2.00 bits per heavy atom. The highest BCUT2D eigenvalue weighted by Crippen LogP contribution is 2.39. The first kappa shape index (κ1) is 20.2. The van der Waals surface area contributed by atoms with Gasteiger partial charge in [0.1, 0.15) is 0 Å². The Bertz CT molecular complexity index is 630. The molecule has 2 heterocycles. The number of nitrogens with zero attached hydrogens (tertiary/aromatic N) is 1. The molecule has 2 saturated heterocycles. The first-order valence-corrected chi connectivity index (χ1v) is 11.1. The van der Waals surface area contributed by atoms with E-state index in [4.69, 9.17) is 0 Å². The fourth-order valence-electron chi connectivity index (χ4n) is 3.77. The van der Waals surface area contributed by atoms with E-state index in [0.29, 0.717) is 13.0 Å². The smallest absolute Gasteiger partial charge is 0.238 e. The van der Waals surface area contributed by atoms with Crippen molar-refractivity contribution in [1.29, 1.82) is 0 Å². The fraction of sp³-hybridized carbons (Fsp3) is 0.619. The number of hydrogen-bond donors (Lipinski definition) is 2. The van der Waals surface area contributed by atoms with Crippen LogP contribution in [0.2, 0.25) is 0 Å². The summed E-state index contributed by atoms with van der Waals surface area (Å²) in [7, 11) is 0. The van der Waals surface area contributed by atoms with Gasteiger partial charge in [0.15, 0.2) is 0 Å². The van der Waals surface area contributed by atoms with Gasteiger partial charge in [0.2, 0.25) is 11.8 Å². The van der Waals surface area contributed by atoms with Crippen molar-refractivity contribution in [3.8, 4) is 0 Å². The lowest BCUT2D eigenvalue weighted by Crippen LogP contribution is -2.54. The maximum absolute atomic E-state index is 12.5. The molecule has 148 valence electrons. The van der Waals surface area contributed by atoms with E-state index in [1.54, 1.807) is 0 Å². The van der Waals surface area contributed by atoms with Crippen molar-refractivity contribution >= 4 is 23.6 Å². The Kier molecular flexibility index (Phi) is 7.19. The number of piperidine rings is 1. The summed E-state index contributed by atoms with van der Waals surface area (Å²) in [6.07, 6.45) is 5.39. The molecular weight excluding hydrogens is 358 g/mol. The van der Waals surface area contributed by atoms with E-state index in [1.165, 1.54) is 5.56 Å². The van der Waals surface area contributed by atoms with Gasteiger partial charge >= 0.3 is 0 Å². The monoisotopic (exact) mass is 389 g/mol. The Hall–Kier alpha value is -1.53. The summed E-state index contributed by atoms with van der Waals surface area (Å²) in [6, 6.07) is 10.1. The van der Waals surface area contributed by atoms with Crippen LogP contribution in [0.4, 0.5) is 0 Å². The largest absolute Gasteiger partial charge is 0.354 e. The van der Waals surface area contributed by atoms with E-state index < -0.39 is 0 Å². The van der Waals surface area contributed by atoms with Crippen molar-refractivity contribution in [2.45, 2.75) is 56.4 Å². The summed E-state index contributed by atoms with van der Waals surface area (Å²) >= 11 is 1.85. The lowest BCUT2D eigenvalue weighted by Gasteiger charge is -2.39. The predicted molar refractivity (Wildman–Crippen MR) is 111 cm³/mol. The molecule has 1 spiro atoms. The summed E-state index contributed by atoms with van der Waals surface area (Å²) < 4.78 is 0. The van der Waals surface area contributed by atoms with E-state index in [0.717, 1.165) is 50.9 Å². The molecule has 1 aromatic carbocycles. The number of carbonyl (C=O) groups excluding carboxylic acids is 2. The topological polar surface area (TPSA) is 61.4 Å². The zero-order chi connectivity index (χ0) is 19.1. The molecule has 5 nitrogen and oxygen atoms in total. The molecule has 0 saturated carbocycles. The zero-order valence-corrected chi connectivity index (χ0v) is 17.0. The minimum atomic E-state index is -0.131. The molecule has 6 heteroatoms. The van der Waals surface area contributed by atoms with Crippen LogP contribution in [0, 0.1) is 0 Å². The van der Waals surface area contributed by atoms with Gasteiger partial charge in [-0.25, -0.2) is 0 Å². The number of hydrogen-bond acceptors (Lipinski definition) is 4. The number of thioether (sulfide) groups is 1. The summed E-state index contributed by atoms with van der Waals surface area (Å²) in [6.45, 7) is 4.37. The number of carbonyl (C=O) groups is 2. The van der Waals surface area contributed by atoms with Crippen molar-refractivity contribution in [3.63, 3.8) is 0 Å². The second-order valence-electron chi connectivity index (χ2n) is 7.51. The van der Waals surface area contributed by atoms with E-state index in [-0.39, 0.29) is 22.7 Å². The van der Waals surface area contributed by atoms with Gasteiger partial charge in [-0.2, -0.15) is 0 Å². The second kappa shape index (κ2) is 9.60. The van der Waals surface area contributed by atoms with Crippen molar-refractivity contribution in [1.82, 2.24) is 15.5 Å². The fourth-order valence-corrected chi connectivity index (χ4v) is 5.19. The molecule has 2 N–H and O–H groups in total. The zero-order valence-electron chi connectivity index (χ0n) is 16.2. The Morgan fingerprint density at radius 1 is 1.26 bits per heavy atom. The van der Waals surface area contributed by atoms with Gasteiger partial charge in [0.05, 0.1) is 10.9 Å². The number of unbranched alkanes of at least 4 members (excludes halogenated alkanes) is 1. The third-order valence-electron chi connectivity index (χ3n) is 5.50. The first-order chi connectivity index (χ1) is 13.1. The second-order valence-corrected chi connectivity index (χ2v) is 8.92. The van der Waals surface area contributed by atoms with Gasteiger partial charge in [0, 0.05) is 31.8 Å². The van der Waals surface area contributed by atoms with Crippen LogP contribution < -0.4 is 10.6 Å². The normalized spacial score (nSPS) is 21.4. The van der Waals surface area contributed by atoms with Gasteiger partial charge in [-0.1, -0.05) is 43.7 Å². The number of likely N-dealkylation sites (tertiary alicyclic amines) is 1. The maximum atomic E-state index is 12.5. The molecule has 1 unspecified atom stereocenters. The molecule has 0 aromatic heterocycles. The van der Waals surface area contributed by atoms with Gasteiger partial charge in [-0.3, -0.25) is 14.9 Å². The Morgan fingerprint density at radius 3 is 2.70 bits per heavy atom. The number of benzene rings is 1. The van der Waals surface area contributed by atoms with E-state index >= 15 is 0 Å².